The molecule has 0 aromatic carbocycles. The minimum absolute atomic E-state index is 0.265. The van der Waals surface area contributed by atoms with E-state index in [1.807, 2.05) is 0 Å². The molecule has 44 nitrogen and oxygen atoms in total. The first-order chi connectivity index (χ1) is 33.2. The SMILES string of the molecule is Cc1cn([C@H]2C[C@H](N=[N+]=[N-])[C@@H](CO)O2)c(=O)[nH]c1=O.O=S(=O)(O)OC[C@H]1O[C@@](COS(=O)(=O)O)(O[C@H]2O[C@H](COS(=O)(=O)O)[C@@H](OS(=O)(=O)O)[C@H](OS(=O)(=O)O)[C@H]2OS(=O)(=O)O)[C@@H](OS(=O)(=O)O)[C@@H]1OS(=O)(=O)O. The molecule has 52 heteroatoms. The maximum atomic E-state index is 11.9. The van der Waals surface area contributed by atoms with Crippen LogP contribution in [0.2, 0.25) is 0 Å². The number of rotatable bonds is 24. The summed E-state index contributed by atoms with van der Waals surface area (Å²) >= 11 is 0. The molecule has 3 saturated heterocycles. The molecule has 0 bridgehead atoms. The Bertz CT molecular complexity index is 3290. The summed E-state index contributed by atoms with van der Waals surface area (Å²) in [4.78, 5) is 27.8. The number of nitrogens with one attached hydrogen (secondary N) is 1. The van der Waals surface area contributed by atoms with Crippen molar-refractivity contribution in [3.05, 3.63) is 43.0 Å². The van der Waals surface area contributed by atoms with Crippen molar-refractivity contribution in [2.75, 3.05) is 26.4 Å². The molecule has 74 heavy (non-hydrogen) atoms. The molecule has 0 spiro atoms. The van der Waals surface area contributed by atoms with Gasteiger partial charge in [-0.15, -0.1) is 0 Å². The number of aliphatic hydroxyl groups is 1. The summed E-state index contributed by atoms with van der Waals surface area (Å²) in [6.45, 7) is -4.99. The third-order valence-electron chi connectivity index (χ3n) is 8.72. The summed E-state index contributed by atoms with van der Waals surface area (Å²) < 4.78 is 314. The summed E-state index contributed by atoms with van der Waals surface area (Å²) in [5.74, 6) is -4.12. The van der Waals surface area contributed by atoms with Crippen LogP contribution in [0.4, 0.5) is 0 Å². The zero-order valence-corrected chi connectivity index (χ0v) is 41.8. The molecule has 10 N–H and O–H groups in total. The van der Waals surface area contributed by atoms with E-state index in [9.17, 15) is 104 Å². The van der Waals surface area contributed by atoms with Gasteiger partial charge in [0.1, 0.15) is 43.4 Å². The van der Waals surface area contributed by atoms with Gasteiger partial charge in [-0.2, -0.15) is 67.3 Å². The topological polar surface area (TPSA) is 670 Å². The Labute approximate surface area is 413 Å². The lowest BCUT2D eigenvalue weighted by molar-refractivity contribution is -0.374. The van der Waals surface area contributed by atoms with Crippen LogP contribution in [0.25, 0.3) is 10.4 Å². The molecule has 1 aromatic rings. The van der Waals surface area contributed by atoms with E-state index in [0.29, 0.717) is 5.56 Å². The molecule has 3 fully saturated rings. The summed E-state index contributed by atoms with van der Waals surface area (Å²) in [6.07, 6.45) is -25.7. The van der Waals surface area contributed by atoms with E-state index in [0.717, 1.165) is 0 Å². The van der Waals surface area contributed by atoms with Crippen LogP contribution in [0.1, 0.15) is 18.2 Å². The molecule has 430 valence electrons. The van der Waals surface area contributed by atoms with Gasteiger partial charge in [-0.25, -0.2) is 38.3 Å². The number of hydrogen-bond acceptors (Lipinski definition) is 32. The number of nitrogens with zero attached hydrogens (tertiary/aromatic N) is 4. The number of H-pyrrole nitrogens is 1. The van der Waals surface area contributed by atoms with Gasteiger partial charge in [-0.05, 0) is 12.5 Å². The Hall–Kier alpha value is -3.25. The molecule has 12 atom stereocenters. The van der Waals surface area contributed by atoms with E-state index in [-0.39, 0.29) is 13.0 Å². The Kier molecular flexibility index (Phi) is 21.3. The Balaban J connectivity index is 0.000000629. The molecule has 4 heterocycles. The van der Waals surface area contributed by atoms with Crippen LogP contribution in [0.5, 0.6) is 0 Å². The Morgan fingerprint density at radius 2 is 1.11 bits per heavy atom. The lowest BCUT2D eigenvalue weighted by Gasteiger charge is -2.45. The third kappa shape index (κ3) is 21.3. The first-order valence-electron chi connectivity index (χ1n) is 18.0. The van der Waals surface area contributed by atoms with E-state index in [1.165, 1.54) is 10.8 Å². The highest BCUT2D eigenvalue weighted by molar-refractivity contribution is 7.82. The van der Waals surface area contributed by atoms with E-state index < -0.39 is 187 Å². The predicted octanol–water partition coefficient (Wildman–Crippen LogP) is -6.98. The third-order valence-corrected chi connectivity index (χ3v) is 12.3. The van der Waals surface area contributed by atoms with Crippen molar-refractivity contribution in [2.45, 2.75) is 86.5 Å². The van der Waals surface area contributed by atoms with E-state index >= 15 is 0 Å². The first kappa shape index (κ1) is 65.0. The summed E-state index contributed by atoms with van der Waals surface area (Å²) in [7, 11) is -48.3. The van der Waals surface area contributed by atoms with Gasteiger partial charge in [0, 0.05) is 23.1 Å². The minimum Gasteiger partial charge on any atom is -0.394 e. The zero-order valence-electron chi connectivity index (χ0n) is 35.3. The monoisotopic (exact) mass is 1250 g/mol. The maximum absolute atomic E-state index is 11.9. The normalized spacial score (nSPS) is 29.5. The largest absolute Gasteiger partial charge is 0.397 e. The molecule has 0 unspecified atom stereocenters. The zero-order chi connectivity index (χ0) is 57.0. The fourth-order valence-corrected chi connectivity index (χ4v) is 9.72. The number of aryl methyl sites for hydroxylation is 1. The molecule has 0 radical (unpaired) electrons. The molecule has 0 saturated carbocycles. The van der Waals surface area contributed by atoms with Gasteiger partial charge in [0.2, 0.25) is 5.79 Å². The summed E-state index contributed by atoms with van der Waals surface area (Å²) in [5, 5.41) is 12.7. The van der Waals surface area contributed by atoms with Crippen molar-refractivity contribution in [3.8, 4) is 0 Å². The number of aromatic nitrogens is 2. The molecule has 0 aliphatic carbocycles. The second-order valence-electron chi connectivity index (χ2n) is 13.9. The minimum atomic E-state index is -6.24. The van der Waals surface area contributed by atoms with Gasteiger partial charge in [0.25, 0.3) is 5.56 Å². The van der Waals surface area contributed by atoms with Crippen molar-refractivity contribution in [1.29, 1.82) is 0 Å². The maximum Gasteiger partial charge on any atom is 0.397 e. The second-order valence-corrected chi connectivity index (χ2v) is 22.5. The van der Waals surface area contributed by atoms with Crippen LogP contribution in [0.3, 0.4) is 0 Å². The number of aliphatic hydroxyl groups excluding tert-OH is 1. The standard InChI is InChI=1S/C12H22O35S8.C10H13N5O4/c13-48(14,15)37-1-4-6(43-51(22,23)24)8(45-53(28,29)30)9(46-54(31,32)33)11(40-4)42-12(3-39-50(19,20)21)10(47-55(34,35)36)7(44-52(25,26)27)5(41-12)2-38-49(16,17)18;1-5-3-15(10(18)12-9(5)17)8-2-6(13-14-11)7(4-16)19-8/h4-11H,1-3H2,(H,13,14,15)(H,16,17,18)(H,19,20,21)(H,22,23,24)(H,25,26,27)(H,28,29,30)(H,31,32,33)(H,34,35,36);3,6-8,16H,2,4H2,1H3,(H,12,17,18)/t4-,5-,6-,7-,8+,9-,10+,11-,12+;6-,7+,8+/m10/s1. The lowest BCUT2D eigenvalue weighted by Crippen LogP contribution is -2.65. The second kappa shape index (κ2) is 24.2. The molecule has 3 aliphatic rings. The van der Waals surface area contributed by atoms with Gasteiger partial charge < -0.3 is 24.1 Å². The van der Waals surface area contributed by atoms with Crippen LogP contribution < -0.4 is 11.2 Å². The van der Waals surface area contributed by atoms with E-state index in [4.69, 9.17) is 38.7 Å². The van der Waals surface area contributed by atoms with E-state index in [2.05, 4.69) is 48.5 Å². The fraction of sp³-hybridized carbons (Fsp3) is 0.818. The first-order valence-corrected chi connectivity index (χ1v) is 28.9. The molecule has 4 rings (SSSR count). The van der Waals surface area contributed by atoms with Crippen molar-refractivity contribution in [2.24, 2.45) is 5.11 Å². The van der Waals surface area contributed by atoms with Gasteiger partial charge >= 0.3 is 88.9 Å². The average molecular weight is 1250 g/mol. The van der Waals surface area contributed by atoms with Crippen LogP contribution >= 0.6 is 0 Å². The van der Waals surface area contributed by atoms with Gasteiger partial charge in [-0.1, -0.05) is 5.11 Å². The van der Waals surface area contributed by atoms with E-state index in [1.54, 1.807) is 6.92 Å². The van der Waals surface area contributed by atoms with Crippen molar-refractivity contribution in [3.63, 3.8) is 0 Å². The molecular formula is C22H35N5O39S8. The molecule has 3 aliphatic heterocycles. The number of hydrogen-bond donors (Lipinski definition) is 10. The molecule has 1 aromatic heterocycles. The number of azide groups is 1. The molecule has 0 amide bonds. The van der Waals surface area contributed by atoms with Crippen LogP contribution in [0, 0.1) is 6.92 Å². The molecular weight excluding hydrogens is 1210 g/mol. The summed E-state index contributed by atoms with van der Waals surface area (Å²) in [6, 6.07) is -0.542. The predicted molar refractivity (Wildman–Crippen MR) is 217 cm³/mol. The lowest BCUT2D eigenvalue weighted by atomic mass is 9.99. The van der Waals surface area contributed by atoms with Crippen molar-refractivity contribution >= 4 is 83.2 Å². The Morgan fingerprint density at radius 1 is 0.649 bits per heavy atom. The van der Waals surface area contributed by atoms with Crippen LogP contribution in [-0.2, 0) is 136 Å². The highest BCUT2D eigenvalue weighted by atomic mass is 32.3. The van der Waals surface area contributed by atoms with Gasteiger partial charge in [0.15, 0.2) is 18.5 Å². The van der Waals surface area contributed by atoms with Crippen molar-refractivity contribution in [1.82, 2.24) is 9.55 Å². The number of aromatic amines is 1. The Morgan fingerprint density at radius 3 is 1.57 bits per heavy atom. The van der Waals surface area contributed by atoms with Gasteiger partial charge in [0.05, 0.1) is 32.0 Å². The smallest absolute Gasteiger partial charge is 0.394 e. The quantitative estimate of drug-likeness (QED) is 0.0199. The fourth-order valence-electron chi connectivity index (χ4n) is 6.28. The van der Waals surface area contributed by atoms with Crippen molar-refractivity contribution < 1.29 is 161 Å². The van der Waals surface area contributed by atoms with Crippen LogP contribution in [-0.4, -0.2) is 212 Å². The average Bonchev–Trinajstić information content (AvgIpc) is 3.71. The number of ether oxygens (including phenoxy) is 4. The highest BCUT2D eigenvalue weighted by Crippen LogP contribution is 2.43. The van der Waals surface area contributed by atoms with Gasteiger partial charge in [-0.3, -0.25) is 50.8 Å². The van der Waals surface area contributed by atoms with Crippen LogP contribution in [0.15, 0.2) is 20.9 Å². The highest BCUT2D eigenvalue weighted by Gasteiger charge is 2.65. The summed E-state index contributed by atoms with van der Waals surface area (Å²) in [5.41, 5.74) is 7.76.